The topological polar surface area (TPSA) is 67.3 Å². The van der Waals surface area contributed by atoms with Gasteiger partial charge in [-0.25, -0.2) is 9.37 Å². The molecule has 30 heavy (non-hydrogen) atoms. The molecule has 1 aliphatic heterocycles. The Labute approximate surface area is 178 Å². The molecular weight excluding hydrogens is 407 g/mol. The second kappa shape index (κ2) is 8.67. The van der Waals surface area contributed by atoms with Gasteiger partial charge in [-0.3, -0.25) is 4.79 Å². The van der Waals surface area contributed by atoms with E-state index in [2.05, 4.69) is 32.3 Å². The number of amides is 1. The van der Waals surface area contributed by atoms with Crippen molar-refractivity contribution in [2.45, 2.75) is 19.9 Å². The van der Waals surface area contributed by atoms with Crippen molar-refractivity contribution in [3.8, 4) is 5.88 Å². The molecule has 0 radical (unpaired) electrons. The molecule has 1 amide bonds. The number of halogens is 2. The monoisotopic (exact) mass is 426 g/mol. The van der Waals surface area contributed by atoms with E-state index in [9.17, 15) is 9.18 Å². The van der Waals surface area contributed by atoms with Gasteiger partial charge in [-0.15, -0.1) is 0 Å². The Morgan fingerprint density at radius 3 is 2.80 bits per heavy atom. The Morgan fingerprint density at radius 1 is 1.20 bits per heavy atom. The van der Waals surface area contributed by atoms with Crippen LogP contribution in [0.2, 0.25) is 5.02 Å². The molecule has 1 N–H and O–H groups in total. The minimum Gasteiger partial charge on any atom is -0.467 e. The van der Waals surface area contributed by atoms with Crippen molar-refractivity contribution in [3.05, 3.63) is 76.2 Å². The number of aromatic nitrogens is 2. The number of rotatable bonds is 5. The maximum Gasteiger partial charge on any atom is 0.262 e. The predicted molar refractivity (Wildman–Crippen MR) is 113 cm³/mol. The number of ether oxygens (including phenoxy) is 1. The quantitative estimate of drug-likeness (QED) is 0.663. The maximum atomic E-state index is 13.1. The predicted octanol–water partition coefficient (Wildman–Crippen LogP) is 4.16. The summed E-state index contributed by atoms with van der Waals surface area (Å²) in [5.41, 5.74) is 3.66. The summed E-state index contributed by atoms with van der Waals surface area (Å²) in [5.74, 6) is -0.00926. The van der Waals surface area contributed by atoms with E-state index in [1.807, 2.05) is 19.1 Å². The fraction of sp³-hybridized carbons (Fsp3) is 0.227. The van der Waals surface area contributed by atoms with E-state index in [0.717, 1.165) is 31.3 Å². The lowest BCUT2D eigenvalue weighted by atomic mass is 10.0. The van der Waals surface area contributed by atoms with Crippen molar-refractivity contribution in [2.24, 2.45) is 0 Å². The zero-order valence-corrected chi connectivity index (χ0v) is 17.1. The smallest absolute Gasteiger partial charge is 0.262 e. The summed E-state index contributed by atoms with van der Waals surface area (Å²) >= 11 is 5.93. The summed E-state index contributed by atoms with van der Waals surface area (Å²) < 4.78 is 18.7. The molecule has 2 aromatic carbocycles. The summed E-state index contributed by atoms with van der Waals surface area (Å²) in [6.07, 6.45) is 0.921. The van der Waals surface area contributed by atoms with Crippen molar-refractivity contribution in [3.63, 3.8) is 0 Å². The normalized spacial score (nSPS) is 13.0. The lowest BCUT2D eigenvalue weighted by molar-refractivity contribution is -0.118. The van der Waals surface area contributed by atoms with Gasteiger partial charge in [-0.1, -0.05) is 35.9 Å². The van der Waals surface area contributed by atoms with E-state index < -0.39 is 11.7 Å². The molecule has 6 nitrogen and oxygen atoms in total. The molecule has 1 aromatic heterocycles. The Hall–Kier alpha value is -3.19. The van der Waals surface area contributed by atoms with Crippen LogP contribution in [0.15, 0.2) is 48.5 Å². The van der Waals surface area contributed by atoms with Crippen molar-refractivity contribution in [1.82, 2.24) is 9.97 Å². The van der Waals surface area contributed by atoms with Crippen LogP contribution in [0.4, 0.5) is 16.0 Å². The third kappa shape index (κ3) is 4.68. The molecule has 3 aromatic rings. The van der Waals surface area contributed by atoms with E-state index in [1.54, 1.807) is 6.07 Å². The number of anilines is 2. The van der Waals surface area contributed by atoms with Gasteiger partial charge in [0.05, 0.1) is 10.7 Å². The molecule has 0 atom stereocenters. The molecule has 0 spiro atoms. The number of carbonyl (C=O) groups is 1. The van der Waals surface area contributed by atoms with Crippen LogP contribution in [-0.2, 0) is 17.8 Å². The first-order valence-corrected chi connectivity index (χ1v) is 9.91. The molecule has 0 fully saturated rings. The molecular formula is C22H20ClFN4O2. The largest absolute Gasteiger partial charge is 0.467 e. The SMILES string of the molecule is Cc1cc(OCC(=O)Nc2ccc(F)cc2Cl)nc(N2CCc3ccccc3C2)n1. The Bertz CT molecular complexity index is 1090. The molecule has 8 heteroatoms. The average molecular weight is 427 g/mol. The van der Waals surface area contributed by atoms with E-state index in [-0.39, 0.29) is 11.6 Å². The molecule has 0 unspecified atom stereocenters. The summed E-state index contributed by atoms with van der Waals surface area (Å²) in [6, 6.07) is 13.8. The van der Waals surface area contributed by atoms with Crippen LogP contribution in [0.3, 0.4) is 0 Å². The minimum absolute atomic E-state index is 0.119. The van der Waals surface area contributed by atoms with Gasteiger partial charge in [0.25, 0.3) is 5.91 Å². The summed E-state index contributed by atoms with van der Waals surface area (Å²) in [7, 11) is 0. The molecule has 1 aliphatic rings. The lowest BCUT2D eigenvalue weighted by Crippen LogP contribution is -2.32. The van der Waals surface area contributed by atoms with Gasteiger partial charge in [-0.2, -0.15) is 4.98 Å². The first kappa shape index (κ1) is 20.1. The van der Waals surface area contributed by atoms with Crippen molar-refractivity contribution < 1.29 is 13.9 Å². The summed E-state index contributed by atoms with van der Waals surface area (Å²) in [4.78, 5) is 23.3. The fourth-order valence-corrected chi connectivity index (χ4v) is 3.54. The Balaban J connectivity index is 1.42. The van der Waals surface area contributed by atoms with Gasteiger partial charge in [0.1, 0.15) is 5.82 Å². The average Bonchev–Trinajstić information content (AvgIpc) is 2.73. The highest BCUT2D eigenvalue weighted by Gasteiger charge is 2.19. The molecule has 0 aliphatic carbocycles. The van der Waals surface area contributed by atoms with Crippen molar-refractivity contribution >= 4 is 29.1 Å². The van der Waals surface area contributed by atoms with Gasteiger partial charge in [0.2, 0.25) is 11.8 Å². The Morgan fingerprint density at radius 2 is 2.00 bits per heavy atom. The number of nitrogens with one attached hydrogen (secondary N) is 1. The highest BCUT2D eigenvalue weighted by Crippen LogP contribution is 2.24. The molecule has 0 bridgehead atoms. The zero-order chi connectivity index (χ0) is 21.1. The van der Waals surface area contributed by atoms with E-state index in [1.165, 1.54) is 23.3 Å². The van der Waals surface area contributed by atoms with Crippen LogP contribution in [-0.4, -0.2) is 29.0 Å². The van der Waals surface area contributed by atoms with Crippen molar-refractivity contribution in [1.29, 1.82) is 0 Å². The first-order chi connectivity index (χ1) is 14.5. The van der Waals surface area contributed by atoms with E-state index >= 15 is 0 Å². The number of carbonyl (C=O) groups excluding carboxylic acids is 1. The molecule has 2 heterocycles. The summed E-state index contributed by atoms with van der Waals surface area (Å²) in [6.45, 7) is 3.13. The Kier molecular flexibility index (Phi) is 5.81. The highest BCUT2D eigenvalue weighted by atomic mass is 35.5. The highest BCUT2D eigenvalue weighted by molar-refractivity contribution is 6.33. The number of nitrogens with zero attached hydrogens (tertiary/aromatic N) is 3. The second-order valence-electron chi connectivity index (χ2n) is 7.05. The third-order valence-electron chi connectivity index (χ3n) is 4.79. The molecule has 4 rings (SSSR count). The van der Waals surface area contributed by atoms with Crippen LogP contribution in [0.1, 0.15) is 16.8 Å². The number of hydrogen-bond acceptors (Lipinski definition) is 5. The van der Waals surface area contributed by atoms with Gasteiger partial charge >= 0.3 is 0 Å². The number of benzene rings is 2. The molecule has 154 valence electrons. The first-order valence-electron chi connectivity index (χ1n) is 9.53. The van der Waals surface area contributed by atoms with E-state index in [0.29, 0.717) is 17.5 Å². The van der Waals surface area contributed by atoms with Gasteiger partial charge in [-0.05, 0) is 42.7 Å². The maximum absolute atomic E-state index is 13.1. The standard InChI is InChI=1S/C22H20ClFN4O2/c1-14-10-21(30-13-20(29)26-19-7-6-17(24)11-18(19)23)27-22(25-14)28-9-8-15-4-2-3-5-16(15)12-28/h2-7,10-11H,8-9,12-13H2,1H3,(H,26,29). The molecule has 0 saturated heterocycles. The third-order valence-corrected chi connectivity index (χ3v) is 5.10. The van der Waals surface area contributed by atoms with Crippen LogP contribution in [0, 0.1) is 12.7 Å². The fourth-order valence-electron chi connectivity index (χ4n) is 3.32. The van der Waals surface area contributed by atoms with Gasteiger partial charge in [0.15, 0.2) is 6.61 Å². The minimum atomic E-state index is -0.474. The summed E-state index contributed by atoms with van der Waals surface area (Å²) in [5, 5.41) is 2.71. The van der Waals surface area contributed by atoms with Crippen LogP contribution >= 0.6 is 11.6 Å². The number of hydrogen-bond donors (Lipinski definition) is 1. The van der Waals surface area contributed by atoms with Crippen LogP contribution in [0.25, 0.3) is 0 Å². The van der Waals surface area contributed by atoms with Gasteiger partial charge < -0.3 is 15.0 Å². The number of fused-ring (bicyclic) bond motifs is 1. The zero-order valence-electron chi connectivity index (χ0n) is 16.4. The lowest BCUT2D eigenvalue weighted by Gasteiger charge is -2.29. The molecule has 0 saturated carbocycles. The second-order valence-corrected chi connectivity index (χ2v) is 7.46. The van der Waals surface area contributed by atoms with Gasteiger partial charge in [0, 0.05) is 24.8 Å². The van der Waals surface area contributed by atoms with E-state index in [4.69, 9.17) is 16.3 Å². The van der Waals surface area contributed by atoms with Crippen molar-refractivity contribution in [2.75, 3.05) is 23.4 Å². The van der Waals surface area contributed by atoms with Crippen LogP contribution in [0.5, 0.6) is 5.88 Å². The number of aryl methyl sites for hydroxylation is 1. The van der Waals surface area contributed by atoms with Crippen LogP contribution < -0.4 is 15.0 Å².